The number of methoxy groups -OCH3 is 1. The predicted octanol–water partition coefficient (Wildman–Crippen LogP) is 5.85. The Hall–Kier alpha value is -3.19. The van der Waals surface area contributed by atoms with Crippen molar-refractivity contribution >= 4 is 40.1 Å². The molecule has 0 unspecified atom stereocenters. The quantitative estimate of drug-likeness (QED) is 0.255. The van der Waals surface area contributed by atoms with Crippen molar-refractivity contribution in [2.45, 2.75) is 25.6 Å². The molecule has 3 aromatic carbocycles. The summed E-state index contributed by atoms with van der Waals surface area (Å²) in [6, 6.07) is 17.8. The number of aromatic nitrogens is 1. The Labute approximate surface area is 207 Å². The summed E-state index contributed by atoms with van der Waals surface area (Å²) in [6.07, 6.45) is 2.18. The Morgan fingerprint density at radius 1 is 1.03 bits per heavy atom. The van der Waals surface area contributed by atoms with Crippen LogP contribution in [0.3, 0.4) is 0 Å². The molecule has 0 saturated carbocycles. The summed E-state index contributed by atoms with van der Waals surface area (Å²) in [5, 5.41) is 15.0. The molecule has 0 aliphatic rings. The molecular weight excluding hydrogens is 475 g/mol. The van der Waals surface area contributed by atoms with E-state index in [9.17, 15) is 9.90 Å². The number of aliphatic carboxylic acids is 1. The largest absolute Gasteiger partial charge is 0.493 e. The van der Waals surface area contributed by atoms with E-state index < -0.39 is 12.0 Å². The lowest BCUT2D eigenvalue weighted by atomic mass is 10.0. The molecule has 8 heteroatoms. The third-order valence-corrected chi connectivity index (χ3v) is 6.35. The third kappa shape index (κ3) is 5.30. The van der Waals surface area contributed by atoms with Crippen molar-refractivity contribution in [2.75, 3.05) is 7.11 Å². The van der Waals surface area contributed by atoms with Gasteiger partial charge in [0.25, 0.3) is 0 Å². The van der Waals surface area contributed by atoms with Crippen LogP contribution in [-0.4, -0.2) is 29.2 Å². The fourth-order valence-electron chi connectivity index (χ4n) is 3.84. The normalized spacial score (nSPS) is 12.0. The average molecular weight is 499 g/mol. The van der Waals surface area contributed by atoms with E-state index >= 15 is 0 Å². The monoisotopic (exact) mass is 498 g/mol. The van der Waals surface area contributed by atoms with Crippen molar-refractivity contribution in [1.29, 1.82) is 0 Å². The van der Waals surface area contributed by atoms with Gasteiger partial charge in [0, 0.05) is 51.2 Å². The Bertz CT molecular complexity index is 1280. The highest BCUT2D eigenvalue weighted by Crippen LogP contribution is 2.34. The number of hydrogen-bond donors (Lipinski definition) is 3. The van der Waals surface area contributed by atoms with Gasteiger partial charge in [-0.05, 0) is 29.8 Å². The maximum Gasteiger partial charge on any atom is 0.321 e. The number of aromatic amines is 1. The molecule has 4 aromatic rings. The van der Waals surface area contributed by atoms with Gasteiger partial charge in [0.2, 0.25) is 0 Å². The highest BCUT2D eigenvalue weighted by Gasteiger charge is 2.21. The van der Waals surface area contributed by atoms with Crippen LogP contribution in [-0.2, 0) is 24.4 Å². The smallest absolute Gasteiger partial charge is 0.321 e. The van der Waals surface area contributed by atoms with E-state index in [2.05, 4.69) is 10.3 Å². The molecule has 0 saturated heterocycles. The molecule has 1 heterocycles. The van der Waals surface area contributed by atoms with Crippen molar-refractivity contribution in [3.63, 3.8) is 0 Å². The van der Waals surface area contributed by atoms with Gasteiger partial charge in [-0.2, -0.15) is 0 Å². The standard InChI is InChI=1S/C26H24Cl2N2O4/c1-33-24-11-4-6-16(25(24)34-15-19-20(27)8-5-9-21(19)28)13-30-23(26(31)32)12-17-14-29-22-10-3-2-7-18(17)22/h2-11,14,23,29-30H,12-13,15H2,1H3,(H,31,32)/t23-/m1/s1. The van der Waals surface area contributed by atoms with Crippen molar-refractivity contribution < 1.29 is 19.4 Å². The number of carboxylic acid groups (broad SMARTS) is 1. The second-order valence-electron chi connectivity index (χ2n) is 7.77. The summed E-state index contributed by atoms with van der Waals surface area (Å²) in [6.45, 7) is 0.408. The maximum atomic E-state index is 12.0. The molecule has 4 rings (SSSR count). The van der Waals surface area contributed by atoms with Gasteiger partial charge in [-0.3, -0.25) is 10.1 Å². The van der Waals surface area contributed by atoms with Gasteiger partial charge in [0.1, 0.15) is 12.6 Å². The molecule has 176 valence electrons. The van der Waals surface area contributed by atoms with Gasteiger partial charge in [-0.25, -0.2) is 0 Å². The van der Waals surface area contributed by atoms with Crippen molar-refractivity contribution in [2.24, 2.45) is 0 Å². The van der Waals surface area contributed by atoms with Gasteiger partial charge in [0.15, 0.2) is 11.5 Å². The van der Waals surface area contributed by atoms with E-state index in [1.165, 1.54) is 0 Å². The molecule has 1 atom stereocenters. The molecule has 3 N–H and O–H groups in total. The molecular formula is C26H24Cl2N2O4. The molecule has 34 heavy (non-hydrogen) atoms. The zero-order valence-electron chi connectivity index (χ0n) is 18.5. The number of carbonyl (C=O) groups is 1. The first kappa shape index (κ1) is 24.0. The van der Waals surface area contributed by atoms with Crippen LogP contribution in [0.2, 0.25) is 10.0 Å². The summed E-state index contributed by atoms with van der Waals surface area (Å²) in [5.41, 5.74) is 3.33. The maximum absolute atomic E-state index is 12.0. The van der Waals surface area contributed by atoms with Gasteiger partial charge in [-0.15, -0.1) is 0 Å². The van der Waals surface area contributed by atoms with Crippen LogP contribution in [0, 0.1) is 0 Å². The minimum atomic E-state index is -0.932. The lowest BCUT2D eigenvalue weighted by Crippen LogP contribution is -2.38. The van der Waals surface area contributed by atoms with E-state index in [0.29, 0.717) is 33.5 Å². The molecule has 0 aliphatic heterocycles. The molecule has 0 radical (unpaired) electrons. The summed E-state index contributed by atoms with van der Waals surface area (Å²) < 4.78 is 11.6. The summed E-state index contributed by atoms with van der Waals surface area (Å²) in [4.78, 5) is 15.2. The number of fused-ring (bicyclic) bond motifs is 1. The highest BCUT2D eigenvalue weighted by atomic mass is 35.5. The Morgan fingerprint density at radius 3 is 2.50 bits per heavy atom. The first-order valence-electron chi connectivity index (χ1n) is 10.7. The molecule has 0 spiro atoms. The SMILES string of the molecule is COc1cccc(CN[C@H](Cc2c[nH]c3ccccc23)C(=O)O)c1OCc1c(Cl)cccc1Cl. The zero-order chi connectivity index (χ0) is 24.1. The Morgan fingerprint density at radius 2 is 1.76 bits per heavy atom. The number of H-pyrrole nitrogens is 1. The number of para-hydroxylation sites is 2. The average Bonchev–Trinajstić information content (AvgIpc) is 3.24. The van der Waals surface area contributed by atoms with Crippen LogP contribution in [0.25, 0.3) is 10.9 Å². The van der Waals surface area contributed by atoms with E-state index in [1.54, 1.807) is 31.4 Å². The highest BCUT2D eigenvalue weighted by molar-refractivity contribution is 6.35. The molecule has 1 aromatic heterocycles. The molecule has 0 fully saturated rings. The second-order valence-corrected chi connectivity index (χ2v) is 8.59. The minimum Gasteiger partial charge on any atom is -0.493 e. The number of hydrogen-bond acceptors (Lipinski definition) is 4. The van der Waals surface area contributed by atoms with Crippen LogP contribution in [0.5, 0.6) is 11.5 Å². The van der Waals surface area contributed by atoms with E-state index in [4.69, 9.17) is 32.7 Å². The lowest BCUT2D eigenvalue weighted by molar-refractivity contribution is -0.139. The van der Waals surface area contributed by atoms with Crippen LogP contribution >= 0.6 is 23.2 Å². The fraction of sp³-hybridized carbons (Fsp3) is 0.192. The van der Waals surface area contributed by atoms with E-state index in [1.807, 2.05) is 42.6 Å². The number of nitrogens with one attached hydrogen (secondary N) is 2. The predicted molar refractivity (Wildman–Crippen MR) is 134 cm³/mol. The van der Waals surface area contributed by atoms with Crippen molar-refractivity contribution in [3.05, 3.63) is 93.6 Å². The second kappa shape index (κ2) is 10.8. The van der Waals surface area contributed by atoms with Crippen molar-refractivity contribution in [1.82, 2.24) is 10.3 Å². The number of carboxylic acids is 1. The van der Waals surface area contributed by atoms with Crippen LogP contribution < -0.4 is 14.8 Å². The van der Waals surface area contributed by atoms with Gasteiger partial charge >= 0.3 is 5.97 Å². The van der Waals surface area contributed by atoms with E-state index in [-0.39, 0.29) is 13.2 Å². The topological polar surface area (TPSA) is 83.6 Å². The summed E-state index contributed by atoms with van der Waals surface area (Å²) in [5.74, 6) is 0.106. The Kier molecular flexibility index (Phi) is 7.63. The molecule has 0 aliphatic carbocycles. The zero-order valence-corrected chi connectivity index (χ0v) is 20.0. The van der Waals surface area contributed by atoms with Gasteiger partial charge in [-0.1, -0.05) is 59.6 Å². The van der Waals surface area contributed by atoms with Crippen LogP contribution in [0.1, 0.15) is 16.7 Å². The Balaban J connectivity index is 1.52. The van der Waals surface area contributed by atoms with Crippen molar-refractivity contribution in [3.8, 4) is 11.5 Å². The fourth-order valence-corrected chi connectivity index (χ4v) is 4.35. The van der Waals surface area contributed by atoms with E-state index in [0.717, 1.165) is 22.0 Å². The first-order valence-corrected chi connectivity index (χ1v) is 11.5. The van der Waals surface area contributed by atoms with Gasteiger partial charge in [0.05, 0.1) is 7.11 Å². The summed E-state index contributed by atoms with van der Waals surface area (Å²) >= 11 is 12.6. The summed E-state index contributed by atoms with van der Waals surface area (Å²) in [7, 11) is 1.55. The number of benzene rings is 3. The third-order valence-electron chi connectivity index (χ3n) is 5.64. The van der Waals surface area contributed by atoms with Gasteiger partial charge < -0.3 is 19.6 Å². The first-order chi connectivity index (χ1) is 16.5. The van der Waals surface area contributed by atoms with Crippen LogP contribution in [0.15, 0.2) is 66.9 Å². The number of rotatable bonds is 10. The number of halogens is 2. The van der Waals surface area contributed by atoms with Crippen LogP contribution in [0.4, 0.5) is 0 Å². The molecule has 0 amide bonds. The minimum absolute atomic E-state index is 0.142. The molecule has 0 bridgehead atoms. The molecule has 6 nitrogen and oxygen atoms in total. The lowest BCUT2D eigenvalue weighted by Gasteiger charge is -2.19. The number of ether oxygens (including phenoxy) is 2.